The fourth-order valence-electron chi connectivity index (χ4n) is 1.90. The van der Waals surface area contributed by atoms with Crippen LogP contribution in [0, 0.1) is 0 Å². The van der Waals surface area contributed by atoms with Crippen molar-refractivity contribution in [3.8, 4) is 0 Å². The van der Waals surface area contributed by atoms with Crippen LogP contribution >= 0.6 is 12.6 Å². The number of rotatable bonds is 14. The summed E-state index contributed by atoms with van der Waals surface area (Å²) in [4.78, 5) is 22.3. The first-order chi connectivity index (χ1) is 10.2. The minimum absolute atomic E-state index is 0.0834. The molecule has 0 aliphatic heterocycles. The van der Waals surface area contributed by atoms with Crippen LogP contribution in [0.15, 0.2) is 12.7 Å². The molecule has 1 N–H and O–H groups in total. The highest BCUT2D eigenvalue weighted by molar-refractivity contribution is 7.80. The molecule has 0 radical (unpaired) electrons. The Balaban J connectivity index is 3.23. The molecule has 0 fully saturated rings. The molecule has 21 heavy (non-hydrogen) atoms. The third-order valence-electron chi connectivity index (χ3n) is 3.12. The standard InChI is InChI=1S/C16H29NO3S/c1-2-16(19)20-13-10-12-17-15(18)11-8-6-4-3-5-7-9-14-21/h2,21H,1,3-14H2,(H,17,18). The third-order valence-corrected chi connectivity index (χ3v) is 3.43. The number of amides is 1. The van der Waals surface area contributed by atoms with Crippen molar-refractivity contribution in [1.29, 1.82) is 0 Å². The van der Waals surface area contributed by atoms with E-state index in [0.29, 0.717) is 26.0 Å². The van der Waals surface area contributed by atoms with Crippen molar-refractivity contribution in [3.05, 3.63) is 12.7 Å². The summed E-state index contributed by atoms with van der Waals surface area (Å²) < 4.78 is 4.81. The number of ether oxygens (including phenoxy) is 1. The van der Waals surface area contributed by atoms with Gasteiger partial charge in [-0.3, -0.25) is 4.79 Å². The Morgan fingerprint density at radius 2 is 1.62 bits per heavy atom. The second-order valence-corrected chi connectivity index (χ2v) is 5.47. The Morgan fingerprint density at radius 3 is 2.24 bits per heavy atom. The van der Waals surface area contributed by atoms with Crippen molar-refractivity contribution >= 4 is 24.5 Å². The summed E-state index contributed by atoms with van der Waals surface area (Å²) in [7, 11) is 0. The van der Waals surface area contributed by atoms with E-state index in [2.05, 4.69) is 24.5 Å². The van der Waals surface area contributed by atoms with Crippen molar-refractivity contribution < 1.29 is 14.3 Å². The fraction of sp³-hybridized carbons (Fsp3) is 0.750. The van der Waals surface area contributed by atoms with Crippen LogP contribution in [-0.4, -0.2) is 30.8 Å². The van der Waals surface area contributed by atoms with Crippen LogP contribution in [0.2, 0.25) is 0 Å². The average Bonchev–Trinajstić information content (AvgIpc) is 2.49. The highest BCUT2D eigenvalue weighted by atomic mass is 32.1. The molecule has 0 spiro atoms. The van der Waals surface area contributed by atoms with Gasteiger partial charge in [0.15, 0.2) is 0 Å². The molecule has 0 aliphatic rings. The van der Waals surface area contributed by atoms with Crippen LogP contribution in [-0.2, 0) is 14.3 Å². The van der Waals surface area contributed by atoms with Crippen LogP contribution < -0.4 is 5.32 Å². The second kappa shape index (κ2) is 15.4. The van der Waals surface area contributed by atoms with Gasteiger partial charge in [-0.1, -0.05) is 38.7 Å². The van der Waals surface area contributed by atoms with Crippen molar-refractivity contribution in [2.75, 3.05) is 18.9 Å². The molecule has 0 rings (SSSR count). The number of nitrogens with one attached hydrogen (secondary N) is 1. The van der Waals surface area contributed by atoms with Crippen LogP contribution in [0.25, 0.3) is 0 Å². The number of hydrogen-bond donors (Lipinski definition) is 2. The Hall–Kier alpha value is -0.970. The molecule has 122 valence electrons. The van der Waals surface area contributed by atoms with E-state index in [1.165, 1.54) is 32.1 Å². The van der Waals surface area contributed by atoms with Gasteiger partial charge in [0.05, 0.1) is 6.61 Å². The quantitative estimate of drug-likeness (QED) is 0.224. The summed E-state index contributed by atoms with van der Waals surface area (Å²) in [6.45, 7) is 4.18. The SMILES string of the molecule is C=CC(=O)OCCCNC(=O)CCCCCCCCCS. The summed E-state index contributed by atoms with van der Waals surface area (Å²) in [5, 5.41) is 2.83. The number of esters is 1. The largest absolute Gasteiger partial charge is 0.462 e. The van der Waals surface area contributed by atoms with Crippen LogP contribution in [0.5, 0.6) is 0 Å². The zero-order valence-corrected chi connectivity index (χ0v) is 13.8. The smallest absolute Gasteiger partial charge is 0.330 e. The predicted molar refractivity (Wildman–Crippen MR) is 89.6 cm³/mol. The van der Waals surface area contributed by atoms with E-state index in [0.717, 1.165) is 24.7 Å². The minimum Gasteiger partial charge on any atom is -0.462 e. The number of hydrogen-bond acceptors (Lipinski definition) is 4. The lowest BCUT2D eigenvalue weighted by atomic mass is 10.1. The highest BCUT2D eigenvalue weighted by Crippen LogP contribution is 2.08. The van der Waals surface area contributed by atoms with Gasteiger partial charge < -0.3 is 10.1 Å². The van der Waals surface area contributed by atoms with Crippen molar-refractivity contribution in [1.82, 2.24) is 5.32 Å². The molecule has 4 nitrogen and oxygen atoms in total. The van der Waals surface area contributed by atoms with Gasteiger partial charge in [0.1, 0.15) is 0 Å². The van der Waals surface area contributed by atoms with Gasteiger partial charge in [0.2, 0.25) is 5.91 Å². The van der Waals surface area contributed by atoms with Gasteiger partial charge in [-0.05, 0) is 25.0 Å². The molecular formula is C16H29NO3S. The van der Waals surface area contributed by atoms with E-state index in [4.69, 9.17) is 4.74 Å². The van der Waals surface area contributed by atoms with Crippen molar-refractivity contribution in [3.63, 3.8) is 0 Å². The first-order valence-electron chi connectivity index (χ1n) is 7.87. The predicted octanol–water partition coefficient (Wildman–Crippen LogP) is 3.27. The summed E-state index contributed by atoms with van der Waals surface area (Å²) in [5.41, 5.74) is 0. The lowest BCUT2D eigenvalue weighted by molar-refractivity contribution is -0.137. The van der Waals surface area contributed by atoms with E-state index < -0.39 is 5.97 Å². The van der Waals surface area contributed by atoms with E-state index in [1.54, 1.807) is 0 Å². The van der Waals surface area contributed by atoms with Crippen LogP contribution in [0.4, 0.5) is 0 Å². The molecule has 0 unspecified atom stereocenters. The molecule has 0 atom stereocenters. The van der Waals surface area contributed by atoms with Crippen molar-refractivity contribution in [2.45, 2.75) is 57.8 Å². The number of carbonyl (C=O) groups is 2. The maximum atomic E-state index is 11.5. The zero-order chi connectivity index (χ0) is 15.8. The normalized spacial score (nSPS) is 10.1. The topological polar surface area (TPSA) is 55.4 Å². The van der Waals surface area contributed by atoms with Gasteiger partial charge in [-0.25, -0.2) is 4.79 Å². The lowest BCUT2D eigenvalue weighted by Crippen LogP contribution is -2.25. The van der Waals surface area contributed by atoms with E-state index in [-0.39, 0.29) is 5.91 Å². The number of thiol groups is 1. The molecule has 0 saturated carbocycles. The van der Waals surface area contributed by atoms with Crippen LogP contribution in [0.3, 0.4) is 0 Å². The molecule has 5 heteroatoms. The maximum Gasteiger partial charge on any atom is 0.330 e. The van der Waals surface area contributed by atoms with Gasteiger partial charge in [0.25, 0.3) is 0 Å². The van der Waals surface area contributed by atoms with Gasteiger partial charge in [0, 0.05) is 19.0 Å². The first-order valence-corrected chi connectivity index (χ1v) is 8.50. The maximum absolute atomic E-state index is 11.5. The third kappa shape index (κ3) is 15.2. The molecule has 0 heterocycles. The van der Waals surface area contributed by atoms with E-state index in [9.17, 15) is 9.59 Å². The Morgan fingerprint density at radius 1 is 1.00 bits per heavy atom. The molecule has 0 bridgehead atoms. The van der Waals surface area contributed by atoms with E-state index >= 15 is 0 Å². The molecule has 1 amide bonds. The van der Waals surface area contributed by atoms with Gasteiger partial charge in [-0.15, -0.1) is 0 Å². The Labute approximate surface area is 134 Å². The first kappa shape index (κ1) is 20.0. The minimum atomic E-state index is -0.421. The molecule has 0 aromatic heterocycles. The lowest BCUT2D eigenvalue weighted by Gasteiger charge is -2.05. The highest BCUT2D eigenvalue weighted by Gasteiger charge is 2.01. The number of unbranched alkanes of at least 4 members (excludes halogenated alkanes) is 6. The second-order valence-electron chi connectivity index (χ2n) is 5.02. The number of carbonyl (C=O) groups excluding carboxylic acids is 2. The van der Waals surface area contributed by atoms with Crippen LogP contribution in [0.1, 0.15) is 57.8 Å². The molecular weight excluding hydrogens is 286 g/mol. The molecule has 0 aromatic carbocycles. The van der Waals surface area contributed by atoms with E-state index in [1.807, 2.05) is 0 Å². The Bertz CT molecular complexity index is 295. The summed E-state index contributed by atoms with van der Waals surface area (Å²) in [6, 6.07) is 0. The van der Waals surface area contributed by atoms with Crippen molar-refractivity contribution in [2.24, 2.45) is 0 Å². The Kier molecular flexibility index (Phi) is 14.7. The van der Waals surface area contributed by atoms with Gasteiger partial charge >= 0.3 is 5.97 Å². The fourth-order valence-corrected chi connectivity index (χ4v) is 2.12. The summed E-state index contributed by atoms with van der Waals surface area (Å²) in [5.74, 6) is 0.642. The molecule has 0 aliphatic carbocycles. The average molecular weight is 315 g/mol. The summed E-state index contributed by atoms with van der Waals surface area (Å²) >= 11 is 4.18. The summed E-state index contributed by atoms with van der Waals surface area (Å²) in [6.07, 6.45) is 10.6. The molecule has 0 aromatic rings. The zero-order valence-electron chi connectivity index (χ0n) is 12.9. The monoisotopic (exact) mass is 315 g/mol. The van der Waals surface area contributed by atoms with Gasteiger partial charge in [-0.2, -0.15) is 12.6 Å². The molecule has 0 saturated heterocycles.